The van der Waals surface area contributed by atoms with Gasteiger partial charge in [0, 0.05) is 23.7 Å². The van der Waals surface area contributed by atoms with E-state index in [4.69, 9.17) is 0 Å². The number of carbonyl (C=O) groups is 1. The first kappa shape index (κ1) is 13.4. The molecule has 1 amide bonds. The van der Waals surface area contributed by atoms with Gasteiger partial charge in [0.05, 0.1) is 0 Å². The Bertz CT molecular complexity index is 799. The number of hydrogen-bond donors (Lipinski definition) is 2. The van der Waals surface area contributed by atoms with Crippen LogP contribution >= 0.6 is 0 Å². The van der Waals surface area contributed by atoms with Crippen molar-refractivity contribution in [3.8, 4) is 0 Å². The maximum Gasteiger partial charge on any atom is 0.277 e. The van der Waals surface area contributed by atoms with Crippen molar-refractivity contribution in [2.75, 3.05) is 5.32 Å². The lowest BCUT2D eigenvalue weighted by molar-refractivity contribution is 0.102. The predicted molar refractivity (Wildman–Crippen MR) is 80.6 cm³/mol. The third kappa shape index (κ3) is 2.52. The highest BCUT2D eigenvalue weighted by atomic mass is 16.2. The molecule has 2 N–H and O–H groups in total. The molecule has 21 heavy (non-hydrogen) atoms. The lowest BCUT2D eigenvalue weighted by Crippen LogP contribution is -2.12. The van der Waals surface area contributed by atoms with Gasteiger partial charge in [-0.2, -0.15) is 5.10 Å². The molecule has 3 aromatic heterocycles. The molecule has 0 aromatic carbocycles. The second kappa shape index (κ2) is 5.05. The van der Waals surface area contributed by atoms with Crippen molar-refractivity contribution in [1.29, 1.82) is 0 Å². The molecular weight excluding hydrogens is 266 g/mol. The molecule has 0 bridgehead atoms. The van der Waals surface area contributed by atoms with E-state index in [1.165, 1.54) is 0 Å². The second-order valence-corrected chi connectivity index (χ2v) is 5.34. The van der Waals surface area contributed by atoms with Crippen LogP contribution in [0.3, 0.4) is 0 Å². The van der Waals surface area contributed by atoms with E-state index in [1.54, 1.807) is 6.20 Å². The minimum atomic E-state index is -0.264. The summed E-state index contributed by atoms with van der Waals surface area (Å²) in [5, 5.41) is 9.75. The summed E-state index contributed by atoms with van der Waals surface area (Å²) >= 11 is 0. The number of anilines is 1. The number of rotatable bonds is 3. The number of fused-ring (bicyclic) bond motifs is 1. The van der Waals surface area contributed by atoms with Crippen LogP contribution in [-0.2, 0) is 0 Å². The molecule has 3 heterocycles. The van der Waals surface area contributed by atoms with Crippen LogP contribution < -0.4 is 5.32 Å². The average molecular weight is 283 g/mol. The topological polar surface area (TPSA) is 75.1 Å². The lowest BCUT2D eigenvalue weighted by atomic mass is 10.1. The Morgan fingerprint density at radius 1 is 1.38 bits per heavy atom. The van der Waals surface area contributed by atoms with Crippen molar-refractivity contribution in [1.82, 2.24) is 19.6 Å². The van der Waals surface area contributed by atoms with Gasteiger partial charge in [-0.1, -0.05) is 19.9 Å². The molecule has 6 heteroatoms. The van der Waals surface area contributed by atoms with Crippen molar-refractivity contribution in [2.24, 2.45) is 0 Å². The molecule has 0 aliphatic rings. The first-order valence-electron chi connectivity index (χ1n) is 6.86. The van der Waals surface area contributed by atoms with Gasteiger partial charge in [-0.25, -0.2) is 4.98 Å². The van der Waals surface area contributed by atoms with Gasteiger partial charge in [0.1, 0.15) is 11.3 Å². The molecule has 3 aromatic rings. The molecule has 0 saturated heterocycles. The quantitative estimate of drug-likeness (QED) is 0.776. The van der Waals surface area contributed by atoms with E-state index in [0.717, 1.165) is 17.0 Å². The molecule has 0 atom stereocenters. The van der Waals surface area contributed by atoms with Gasteiger partial charge in [-0.15, -0.1) is 0 Å². The predicted octanol–water partition coefficient (Wildman–Crippen LogP) is 2.74. The Morgan fingerprint density at radius 2 is 2.19 bits per heavy atom. The molecule has 0 aliphatic carbocycles. The maximum atomic E-state index is 12.2. The van der Waals surface area contributed by atoms with Gasteiger partial charge in [-0.05, 0) is 25.0 Å². The molecule has 0 unspecified atom stereocenters. The first-order valence-corrected chi connectivity index (χ1v) is 6.86. The van der Waals surface area contributed by atoms with Crippen LogP contribution in [-0.4, -0.2) is 25.5 Å². The SMILES string of the molecule is Cc1cccc2nc(C(=O)Nc3cc(C(C)C)[nH]n3)cn12. The van der Waals surface area contributed by atoms with Crippen LogP contribution in [0.1, 0.15) is 41.6 Å². The third-order valence-corrected chi connectivity index (χ3v) is 3.39. The zero-order valence-corrected chi connectivity index (χ0v) is 12.2. The number of pyridine rings is 1. The second-order valence-electron chi connectivity index (χ2n) is 5.34. The number of hydrogen-bond acceptors (Lipinski definition) is 3. The van der Waals surface area contributed by atoms with Gasteiger partial charge in [0.2, 0.25) is 0 Å². The van der Waals surface area contributed by atoms with Crippen LogP contribution in [0.25, 0.3) is 5.65 Å². The zero-order chi connectivity index (χ0) is 15.0. The molecule has 0 aliphatic heterocycles. The lowest BCUT2D eigenvalue weighted by Gasteiger charge is -1.98. The summed E-state index contributed by atoms with van der Waals surface area (Å²) in [5.41, 5.74) is 3.14. The van der Waals surface area contributed by atoms with Gasteiger partial charge in [0.15, 0.2) is 5.82 Å². The minimum Gasteiger partial charge on any atom is -0.304 e. The monoisotopic (exact) mass is 283 g/mol. The summed E-state index contributed by atoms with van der Waals surface area (Å²) in [6, 6.07) is 7.60. The van der Waals surface area contributed by atoms with Crippen LogP contribution in [0.15, 0.2) is 30.5 Å². The molecule has 0 fully saturated rings. The molecule has 3 rings (SSSR count). The molecule has 0 spiro atoms. The van der Waals surface area contributed by atoms with Crippen LogP contribution in [0, 0.1) is 6.92 Å². The van der Waals surface area contributed by atoms with Crippen molar-refractivity contribution >= 4 is 17.4 Å². The van der Waals surface area contributed by atoms with Gasteiger partial charge < -0.3 is 9.72 Å². The Labute approximate surface area is 122 Å². The number of carbonyl (C=O) groups excluding carboxylic acids is 1. The summed E-state index contributed by atoms with van der Waals surface area (Å²) in [5.74, 6) is 0.582. The van der Waals surface area contributed by atoms with E-state index >= 15 is 0 Å². The largest absolute Gasteiger partial charge is 0.304 e. The highest BCUT2D eigenvalue weighted by molar-refractivity contribution is 6.02. The molecule has 0 saturated carbocycles. The summed E-state index contributed by atoms with van der Waals surface area (Å²) in [6.07, 6.45) is 1.73. The fraction of sp³-hybridized carbons (Fsp3) is 0.267. The fourth-order valence-electron chi connectivity index (χ4n) is 2.13. The first-order chi connectivity index (χ1) is 10.0. The van der Waals surface area contributed by atoms with Gasteiger partial charge >= 0.3 is 0 Å². The van der Waals surface area contributed by atoms with E-state index < -0.39 is 0 Å². The smallest absolute Gasteiger partial charge is 0.277 e. The number of aromatic amines is 1. The standard InChI is InChI=1S/C15H17N5O/c1-9(2)11-7-13(19-18-11)17-15(21)12-8-20-10(3)5-4-6-14(20)16-12/h4-9H,1-3H3,(H2,17,18,19,21). The van der Waals surface area contributed by atoms with Crippen LogP contribution in [0.4, 0.5) is 5.82 Å². The number of nitrogens with one attached hydrogen (secondary N) is 2. The van der Waals surface area contributed by atoms with E-state index in [-0.39, 0.29) is 5.91 Å². The molecular formula is C15H17N5O. The van der Waals surface area contributed by atoms with Crippen molar-refractivity contribution in [3.05, 3.63) is 47.5 Å². The number of nitrogens with zero attached hydrogens (tertiary/aromatic N) is 3. The minimum absolute atomic E-state index is 0.264. The fourth-order valence-corrected chi connectivity index (χ4v) is 2.13. The normalized spacial score (nSPS) is 11.2. The molecule has 108 valence electrons. The van der Waals surface area contributed by atoms with Gasteiger partial charge in [-0.3, -0.25) is 9.89 Å². The van der Waals surface area contributed by atoms with E-state index in [0.29, 0.717) is 17.4 Å². The van der Waals surface area contributed by atoms with E-state index in [2.05, 4.69) is 34.3 Å². The molecule has 6 nitrogen and oxygen atoms in total. The summed E-state index contributed by atoms with van der Waals surface area (Å²) in [7, 11) is 0. The number of aromatic nitrogens is 4. The van der Waals surface area contributed by atoms with Crippen LogP contribution in [0.2, 0.25) is 0 Å². The van der Waals surface area contributed by atoms with Crippen molar-refractivity contribution in [2.45, 2.75) is 26.7 Å². The number of aryl methyl sites for hydroxylation is 1. The van der Waals surface area contributed by atoms with E-state index in [1.807, 2.05) is 35.6 Å². The maximum absolute atomic E-state index is 12.2. The van der Waals surface area contributed by atoms with Gasteiger partial charge in [0.25, 0.3) is 5.91 Å². The summed E-state index contributed by atoms with van der Waals surface area (Å²) in [6.45, 7) is 6.09. The van der Waals surface area contributed by atoms with Crippen molar-refractivity contribution in [3.63, 3.8) is 0 Å². The summed E-state index contributed by atoms with van der Waals surface area (Å²) in [4.78, 5) is 16.6. The summed E-state index contributed by atoms with van der Waals surface area (Å²) < 4.78 is 1.89. The zero-order valence-electron chi connectivity index (χ0n) is 12.2. The third-order valence-electron chi connectivity index (χ3n) is 3.39. The number of amides is 1. The van der Waals surface area contributed by atoms with Crippen molar-refractivity contribution < 1.29 is 4.79 Å². The number of imidazole rings is 1. The van der Waals surface area contributed by atoms with Crippen LogP contribution in [0.5, 0.6) is 0 Å². The Hall–Kier alpha value is -2.63. The highest BCUT2D eigenvalue weighted by Gasteiger charge is 2.13. The Morgan fingerprint density at radius 3 is 2.86 bits per heavy atom. The van der Waals surface area contributed by atoms with E-state index in [9.17, 15) is 4.79 Å². The molecule has 0 radical (unpaired) electrons. The number of H-pyrrole nitrogens is 1. The highest BCUT2D eigenvalue weighted by Crippen LogP contribution is 2.16. The average Bonchev–Trinajstić information content (AvgIpc) is 3.05. The Kier molecular flexibility index (Phi) is 3.21. The Balaban J connectivity index is 1.84.